The minimum absolute atomic E-state index is 0.0662. The van der Waals surface area contributed by atoms with E-state index in [0.717, 1.165) is 19.4 Å². The number of carbonyl (C=O) groups is 2. The quantitative estimate of drug-likeness (QED) is 0.522. The van der Waals surface area contributed by atoms with Crippen LogP contribution in [0.3, 0.4) is 0 Å². The highest BCUT2D eigenvalue weighted by Gasteiger charge is 2.22. The Bertz CT molecular complexity index is 454. The number of rotatable bonds is 7. The van der Waals surface area contributed by atoms with E-state index in [0.29, 0.717) is 16.3 Å². The smallest absolute Gasteiger partial charge is 0.253 e. The molecule has 0 bridgehead atoms. The molecule has 0 radical (unpaired) electrons. The Morgan fingerprint density at radius 3 is 2.50 bits per heavy atom. The summed E-state index contributed by atoms with van der Waals surface area (Å²) in [6, 6.07) is 0. The molecule has 0 aliphatic carbocycles. The first kappa shape index (κ1) is 14.5. The largest absolute Gasteiger partial charge is 0.397 e. The van der Waals surface area contributed by atoms with Crippen molar-refractivity contribution in [2.45, 2.75) is 33.1 Å². The third-order valence-electron chi connectivity index (χ3n) is 2.58. The van der Waals surface area contributed by atoms with Crippen molar-refractivity contribution in [1.82, 2.24) is 0 Å². The molecule has 5 N–H and O–H groups in total. The van der Waals surface area contributed by atoms with E-state index >= 15 is 0 Å². The standard InChI is InChI=1S/C12H19N3O2S/c1-3-5-6-15-12-8(11(14)17)9(13)10(18-12)7(16)4-2/h15H,3-6,13H2,1-2H3,(H2,14,17). The summed E-state index contributed by atoms with van der Waals surface area (Å²) in [5.74, 6) is -0.665. The topological polar surface area (TPSA) is 98.2 Å². The predicted molar refractivity (Wildman–Crippen MR) is 75.3 cm³/mol. The SMILES string of the molecule is CCCCNc1sc(C(=O)CC)c(N)c1C(N)=O. The molecule has 18 heavy (non-hydrogen) atoms. The zero-order valence-corrected chi connectivity index (χ0v) is 11.5. The van der Waals surface area contributed by atoms with Crippen molar-refractivity contribution >= 4 is 33.7 Å². The Kier molecular flexibility index (Phi) is 5.15. The summed E-state index contributed by atoms with van der Waals surface area (Å²) in [5.41, 5.74) is 11.6. The number of primary amides is 1. The van der Waals surface area contributed by atoms with Gasteiger partial charge in [0.1, 0.15) is 5.00 Å². The molecule has 1 heterocycles. The van der Waals surface area contributed by atoms with E-state index in [-0.39, 0.29) is 17.0 Å². The summed E-state index contributed by atoms with van der Waals surface area (Å²) in [5, 5.41) is 3.72. The van der Waals surface area contributed by atoms with E-state index in [1.807, 2.05) is 0 Å². The molecule has 0 spiro atoms. The van der Waals surface area contributed by atoms with Gasteiger partial charge >= 0.3 is 0 Å². The molecule has 5 nitrogen and oxygen atoms in total. The van der Waals surface area contributed by atoms with E-state index in [1.54, 1.807) is 6.92 Å². The molecule has 100 valence electrons. The molecular weight excluding hydrogens is 250 g/mol. The lowest BCUT2D eigenvalue weighted by molar-refractivity contribution is 0.0991. The van der Waals surface area contributed by atoms with Gasteiger partial charge in [0.2, 0.25) is 0 Å². The van der Waals surface area contributed by atoms with Crippen molar-refractivity contribution < 1.29 is 9.59 Å². The van der Waals surface area contributed by atoms with Gasteiger partial charge in [0, 0.05) is 13.0 Å². The number of amides is 1. The van der Waals surface area contributed by atoms with Gasteiger partial charge in [-0.2, -0.15) is 0 Å². The van der Waals surface area contributed by atoms with Gasteiger partial charge in [0.05, 0.1) is 16.1 Å². The molecule has 0 saturated heterocycles. The molecule has 0 aliphatic rings. The van der Waals surface area contributed by atoms with Crippen LogP contribution in [-0.2, 0) is 0 Å². The van der Waals surface area contributed by atoms with Crippen molar-refractivity contribution in [3.63, 3.8) is 0 Å². The van der Waals surface area contributed by atoms with Crippen LogP contribution in [0, 0.1) is 0 Å². The highest BCUT2D eigenvalue weighted by molar-refractivity contribution is 7.19. The third kappa shape index (κ3) is 3.01. The zero-order valence-electron chi connectivity index (χ0n) is 10.7. The third-order valence-corrected chi connectivity index (χ3v) is 3.79. The maximum atomic E-state index is 11.7. The molecule has 1 aromatic rings. The van der Waals surface area contributed by atoms with E-state index in [4.69, 9.17) is 11.5 Å². The van der Waals surface area contributed by atoms with Crippen LogP contribution in [0.15, 0.2) is 0 Å². The number of nitrogens with two attached hydrogens (primary N) is 2. The first-order valence-electron chi connectivity index (χ1n) is 6.02. The number of unbranched alkanes of at least 4 members (excludes halogenated alkanes) is 1. The molecule has 0 aromatic carbocycles. The number of Topliss-reactive ketones (excluding diaryl/α,β-unsaturated/α-hetero) is 1. The van der Waals surface area contributed by atoms with Crippen LogP contribution in [-0.4, -0.2) is 18.2 Å². The number of hydrogen-bond donors (Lipinski definition) is 3. The minimum Gasteiger partial charge on any atom is -0.397 e. The fourth-order valence-electron chi connectivity index (χ4n) is 1.56. The molecule has 1 aromatic heterocycles. The van der Waals surface area contributed by atoms with Gasteiger partial charge in [-0.25, -0.2) is 0 Å². The lowest BCUT2D eigenvalue weighted by atomic mass is 10.1. The van der Waals surface area contributed by atoms with Crippen molar-refractivity contribution in [1.29, 1.82) is 0 Å². The van der Waals surface area contributed by atoms with Gasteiger partial charge in [-0.05, 0) is 6.42 Å². The summed E-state index contributed by atoms with van der Waals surface area (Å²) >= 11 is 1.21. The molecular formula is C12H19N3O2S. The lowest BCUT2D eigenvalue weighted by Gasteiger charge is -2.04. The fraction of sp³-hybridized carbons (Fsp3) is 0.500. The normalized spacial score (nSPS) is 10.3. The monoisotopic (exact) mass is 269 g/mol. The average Bonchev–Trinajstić information content (AvgIpc) is 2.66. The van der Waals surface area contributed by atoms with Crippen LogP contribution in [0.2, 0.25) is 0 Å². The van der Waals surface area contributed by atoms with Crippen LogP contribution >= 0.6 is 11.3 Å². The predicted octanol–water partition coefficient (Wildman–Crippen LogP) is 2.23. The van der Waals surface area contributed by atoms with Crippen LogP contribution in [0.25, 0.3) is 0 Å². The van der Waals surface area contributed by atoms with Gasteiger partial charge in [0.25, 0.3) is 5.91 Å². The second-order valence-electron chi connectivity index (χ2n) is 3.97. The Morgan fingerprint density at radius 1 is 1.33 bits per heavy atom. The Morgan fingerprint density at radius 2 is 2.00 bits per heavy atom. The number of anilines is 2. The van der Waals surface area contributed by atoms with E-state index in [1.165, 1.54) is 11.3 Å². The van der Waals surface area contributed by atoms with Crippen molar-refractivity contribution in [2.24, 2.45) is 5.73 Å². The lowest BCUT2D eigenvalue weighted by Crippen LogP contribution is -2.15. The Labute approximate surface area is 111 Å². The summed E-state index contributed by atoms with van der Waals surface area (Å²) in [4.78, 5) is 23.5. The zero-order chi connectivity index (χ0) is 13.7. The highest BCUT2D eigenvalue weighted by Crippen LogP contribution is 2.36. The minimum atomic E-state index is -0.599. The first-order valence-corrected chi connectivity index (χ1v) is 6.83. The Balaban J connectivity index is 3.08. The summed E-state index contributed by atoms with van der Waals surface area (Å²) < 4.78 is 0. The van der Waals surface area contributed by atoms with Gasteiger partial charge in [-0.3, -0.25) is 9.59 Å². The van der Waals surface area contributed by atoms with Gasteiger partial charge in [0.15, 0.2) is 5.78 Å². The molecule has 0 fully saturated rings. The first-order chi connectivity index (χ1) is 8.52. The molecule has 1 amide bonds. The maximum Gasteiger partial charge on any atom is 0.253 e. The molecule has 0 aliphatic heterocycles. The molecule has 0 saturated carbocycles. The fourth-order valence-corrected chi connectivity index (χ4v) is 2.72. The number of carbonyl (C=O) groups excluding carboxylic acids is 2. The number of nitrogens with one attached hydrogen (secondary N) is 1. The van der Waals surface area contributed by atoms with Crippen LogP contribution < -0.4 is 16.8 Å². The van der Waals surface area contributed by atoms with Crippen molar-refractivity contribution in [3.05, 3.63) is 10.4 Å². The van der Waals surface area contributed by atoms with Gasteiger partial charge in [-0.15, -0.1) is 11.3 Å². The second-order valence-corrected chi connectivity index (χ2v) is 4.99. The molecule has 0 unspecified atom stereocenters. The summed E-state index contributed by atoms with van der Waals surface area (Å²) in [6.45, 7) is 4.57. The summed E-state index contributed by atoms with van der Waals surface area (Å²) in [6.07, 6.45) is 2.38. The van der Waals surface area contributed by atoms with Crippen LogP contribution in [0.5, 0.6) is 0 Å². The van der Waals surface area contributed by atoms with E-state index in [9.17, 15) is 9.59 Å². The second kappa shape index (κ2) is 6.39. The van der Waals surface area contributed by atoms with Crippen molar-refractivity contribution in [2.75, 3.05) is 17.6 Å². The maximum absolute atomic E-state index is 11.7. The van der Waals surface area contributed by atoms with E-state index < -0.39 is 5.91 Å². The highest BCUT2D eigenvalue weighted by atomic mass is 32.1. The van der Waals surface area contributed by atoms with Gasteiger partial charge < -0.3 is 16.8 Å². The molecule has 0 atom stereocenters. The van der Waals surface area contributed by atoms with Crippen LogP contribution in [0.4, 0.5) is 10.7 Å². The molecule has 6 heteroatoms. The molecule has 1 rings (SSSR count). The van der Waals surface area contributed by atoms with Crippen molar-refractivity contribution in [3.8, 4) is 0 Å². The number of ketones is 1. The summed E-state index contributed by atoms with van der Waals surface area (Å²) in [7, 11) is 0. The van der Waals surface area contributed by atoms with E-state index in [2.05, 4.69) is 12.2 Å². The average molecular weight is 269 g/mol. The van der Waals surface area contributed by atoms with Gasteiger partial charge in [-0.1, -0.05) is 20.3 Å². The van der Waals surface area contributed by atoms with Crippen LogP contribution in [0.1, 0.15) is 53.1 Å². The number of hydrogen-bond acceptors (Lipinski definition) is 5. The number of thiophene rings is 1. The Hall–Kier alpha value is -1.56. The number of nitrogen functional groups attached to an aromatic ring is 1.